The number of quaternary nitrogens is 1. The fourth-order valence-electron chi connectivity index (χ4n) is 2.88. The van der Waals surface area contributed by atoms with Crippen LogP contribution in [0.2, 0.25) is 0 Å². The van der Waals surface area contributed by atoms with E-state index < -0.39 is 0 Å². The molecule has 1 saturated heterocycles. The van der Waals surface area contributed by atoms with Gasteiger partial charge in [0.2, 0.25) is 0 Å². The molecule has 0 aromatic heterocycles. The maximum atomic E-state index is 12.1. The number of nitrogens with one attached hydrogen (secondary N) is 2. The van der Waals surface area contributed by atoms with Gasteiger partial charge in [0.1, 0.15) is 25.3 Å². The highest BCUT2D eigenvalue weighted by Crippen LogP contribution is 2.10. The molecule has 1 aliphatic rings. The van der Waals surface area contributed by atoms with Crippen LogP contribution < -0.4 is 10.2 Å². The summed E-state index contributed by atoms with van der Waals surface area (Å²) in [5.41, 5.74) is 1.14. The summed E-state index contributed by atoms with van der Waals surface area (Å²) in [4.78, 5) is 13.4. The number of rotatable bonds is 4. The standard InChI is InChI=1S/C16H24N2O2/c1-12-9-18(10-13(2)20-12)11-16(19)17-14(3)15-7-5-4-6-8-15/h4-8,12-14H,9-11H2,1-3H3,(H,17,19)/p+1/t12-,13+,14-/m0/s1. The normalized spacial score (nSPS) is 27.9. The minimum absolute atomic E-state index is 0.0546. The molecule has 20 heavy (non-hydrogen) atoms. The highest BCUT2D eigenvalue weighted by Gasteiger charge is 2.27. The lowest BCUT2D eigenvalue weighted by Crippen LogP contribution is -3.16. The van der Waals surface area contributed by atoms with Gasteiger partial charge >= 0.3 is 0 Å². The number of amides is 1. The Labute approximate surface area is 121 Å². The lowest BCUT2D eigenvalue weighted by molar-refractivity contribution is -0.907. The van der Waals surface area contributed by atoms with Gasteiger partial charge in [-0.05, 0) is 26.3 Å². The van der Waals surface area contributed by atoms with Crippen LogP contribution in [0.15, 0.2) is 30.3 Å². The summed E-state index contributed by atoms with van der Waals surface area (Å²) < 4.78 is 5.70. The van der Waals surface area contributed by atoms with Gasteiger partial charge in [-0.3, -0.25) is 4.79 Å². The number of hydrogen-bond donors (Lipinski definition) is 2. The van der Waals surface area contributed by atoms with Crippen LogP contribution in [0.25, 0.3) is 0 Å². The maximum absolute atomic E-state index is 12.1. The second-order valence-corrected chi connectivity index (χ2v) is 5.79. The van der Waals surface area contributed by atoms with Crippen molar-refractivity contribution in [1.29, 1.82) is 0 Å². The van der Waals surface area contributed by atoms with E-state index >= 15 is 0 Å². The minimum Gasteiger partial charge on any atom is -0.364 e. The van der Waals surface area contributed by atoms with Gasteiger partial charge in [0.15, 0.2) is 6.54 Å². The van der Waals surface area contributed by atoms with Crippen LogP contribution in [-0.4, -0.2) is 37.7 Å². The van der Waals surface area contributed by atoms with Gasteiger partial charge in [-0.25, -0.2) is 0 Å². The van der Waals surface area contributed by atoms with E-state index in [2.05, 4.69) is 19.2 Å². The van der Waals surface area contributed by atoms with Crippen molar-refractivity contribution >= 4 is 5.91 Å². The highest BCUT2D eigenvalue weighted by molar-refractivity contribution is 5.77. The SMILES string of the molecule is C[C@@H]1C[NH+](CC(=O)N[C@@H](C)c2ccccc2)C[C@H](C)O1. The lowest BCUT2D eigenvalue weighted by Gasteiger charge is -2.32. The molecule has 1 aromatic carbocycles. The first kappa shape index (κ1) is 15.0. The van der Waals surface area contributed by atoms with Crippen molar-refractivity contribution in [1.82, 2.24) is 5.32 Å². The molecule has 1 unspecified atom stereocenters. The molecule has 1 fully saturated rings. The maximum Gasteiger partial charge on any atom is 0.275 e. The molecular formula is C16H25N2O2+. The van der Waals surface area contributed by atoms with Gasteiger partial charge in [0.25, 0.3) is 5.91 Å². The molecular weight excluding hydrogens is 252 g/mol. The lowest BCUT2D eigenvalue weighted by atomic mass is 10.1. The molecule has 4 heteroatoms. The number of morpholine rings is 1. The Kier molecular flexibility index (Phi) is 5.15. The summed E-state index contributed by atoms with van der Waals surface area (Å²) in [6.45, 7) is 8.48. The number of carbonyl (C=O) groups is 1. The van der Waals surface area contributed by atoms with Crippen molar-refractivity contribution in [2.24, 2.45) is 0 Å². The fraction of sp³-hybridized carbons (Fsp3) is 0.562. The van der Waals surface area contributed by atoms with Crippen LogP contribution in [0.4, 0.5) is 0 Å². The third-order valence-electron chi connectivity index (χ3n) is 3.70. The second-order valence-electron chi connectivity index (χ2n) is 5.79. The van der Waals surface area contributed by atoms with Gasteiger partial charge in [-0.1, -0.05) is 30.3 Å². The van der Waals surface area contributed by atoms with Crippen molar-refractivity contribution in [3.63, 3.8) is 0 Å². The number of carbonyl (C=O) groups excluding carboxylic acids is 1. The van der Waals surface area contributed by atoms with Gasteiger partial charge in [-0.2, -0.15) is 0 Å². The summed E-state index contributed by atoms with van der Waals surface area (Å²) in [6.07, 6.45) is 0.459. The highest BCUT2D eigenvalue weighted by atomic mass is 16.5. The van der Waals surface area contributed by atoms with Crippen LogP contribution in [0.3, 0.4) is 0 Å². The number of hydrogen-bond acceptors (Lipinski definition) is 2. The van der Waals surface area contributed by atoms with E-state index in [0.717, 1.165) is 18.7 Å². The zero-order valence-electron chi connectivity index (χ0n) is 12.6. The Morgan fingerprint density at radius 3 is 2.50 bits per heavy atom. The Bertz CT molecular complexity index is 425. The van der Waals surface area contributed by atoms with Crippen molar-refractivity contribution in [3.05, 3.63) is 35.9 Å². The zero-order chi connectivity index (χ0) is 14.5. The molecule has 110 valence electrons. The molecule has 1 aliphatic heterocycles. The summed E-state index contributed by atoms with van der Waals surface area (Å²) >= 11 is 0. The summed E-state index contributed by atoms with van der Waals surface area (Å²) in [6, 6.07) is 10.1. The van der Waals surface area contributed by atoms with Gasteiger partial charge < -0.3 is 15.0 Å². The molecule has 0 bridgehead atoms. The molecule has 4 atom stereocenters. The predicted octanol–water partition coefficient (Wildman–Crippen LogP) is 0.556. The third kappa shape index (κ3) is 4.32. The van der Waals surface area contributed by atoms with E-state index in [1.807, 2.05) is 37.3 Å². The van der Waals surface area contributed by atoms with Gasteiger partial charge in [-0.15, -0.1) is 0 Å². The van der Waals surface area contributed by atoms with E-state index in [-0.39, 0.29) is 24.2 Å². The smallest absolute Gasteiger partial charge is 0.275 e. The largest absolute Gasteiger partial charge is 0.364 e. The number of ether oxygens (including phenoxy) is 1. The Balaban J connectivity index is 1.83. The van der Waals surface area contributed by atoms with E-state index in [1.54, 1.807) is 0 Å². The Morgan fingerprint density at radius 1 is 1.30 bits per heavy atom. The fourth-order valence-corrected chi connectivity index (χ4v) is 2.88. The average Bonchev–Trinajstić information content (AvgIpc) is 2.38. The molecule has 0 aliphatic carbocycles. The molecule has 0 radical (unpaired) electrons. The Morgan fingerprint density at radius 2 is 1.90 bits per heavy atom. The monoisotopic (exact) mass is 277 g/mol. The molecule has 1 heterocycles. The molecule has 4 nitrogen and oxygen atoms in total. The first-order valence-corrected chi connectivity index (χ1v) is 7.38. The van der Waals surface area contributed by atoms with Crippen molar-refractivity contribution in [3.8, 4) is 0 Å². The van der Waals surface area contributed by atoms with Crippen molar-refractivity contribution in [2.45, 2.75) is 39.0 Å². The van der Waals surface area contributed by atoms with Gasteiger partial charge in [0.05, 0.1) is 6.04 Å². The van der Waals surface area contributed by atoms with E-state index in [9.17, 15) is 4.79 Å². The van der Waals surface area contributed by atoms with Crippen LogP contribution >= 0.6 is 0 Å². The van der Waals surface area contributed by atoms with E-state index in [4.69, 9.17) is 4.74 Å². The predicted molar refractivity (Wildman–Crippen MR) is 78.6 cm³/mol. The molecule has 0 saturated carbocycles. The van der Waals surface area contributed by atoms with Crippen LogP contribution in [0.5, 0.6) is 0 Å². The van der Waals surface area contributed by atoms with Gasteiger partial charge in [0, 0.05) is 0 Å². The van der Waals surface area contributed by atoms with Crippen LogP contribution in [-0.2, 0) is 9.53 Å². The second kappa shape index (κ2) is 6.86. The number of benzene rings is 1. The molecule has 2 rings (SSSR count). The quantitative estimate of drug-likeness (QED) is 0.844. The topological polar surface area (TPSA) is 42.8 Å². The zero-order valence-corrected chi connectivity index (χ0v) is 12.6. The third-order valence-corrected chi connectivity index (χ3v) is 3.70. The molecule has 1 amide bonds. The van der Waals surface area contributed by atoms with E-state index in [1.165, 1.54) is 4.90 Å². The van der Waals surface area contributed by atoms with E-state index in [0.29, 0.717) is 6.54 Å². The van der Waals surface area contributed by atoms with Crippen LogP contribution in [0.1, 0.15) is 32.4 Å². The molecule has 1 aromatic rings. The minimum atomic E-state index is 0.0546. The van der Waals surface area contributed by atoms with Crippen LogP contribution in [0, 0.1) is 0 Å². The summed E-state index contributed by atoms with van der Waals surface area (Å²) in [5.74, 6) is 0.109. The first-order chi connectivity index (χ1) is 9.54. The first-order valence-electron chi connectivity index (χ1n) is 7.38. The molecule has 2 N–H and O–H groups in total. The van der Waals surface area contributed by atoms with Crippen molar-refractivity contribution in [2.75, 3.05) is 19.6 Å². The van der Waals surface area contributed by atoms with Crippen molar-refractivity contribution < 1.29 is 14.4 Å². The molecule has 0 spiro atoms. The average molecular weight is 277 g/mol. The summed E-state index contributed by atoms with van der Waals surface area (Å²) in [7, 11) is 0. The summed E-state index contributed by atoms with van der Waals surface area (Å²) in [5, 5.41) is 3.07. The Hall–Kier alpha value is -1.39.